The Morgan fingerprint density at radius 2 is 2.04 bits per heavy atom. The van der Waals surface area contributed by atoms with Crippen LogP contribution in [-0.4, -0.2) is 91.5 Å². The molecule has 1 saturated heterocycles. The molecule has 0 saturated carbocycles. The lowest BCUT2D eigenvalue weighted by Crippen LogP contribution is -2.68. The van der Waals surface area contributed by atoms with E-state index in [0.29, 0.717) is 30.1 Å². The third-order valence-corrected chi connectivity index (χ3v) is 10.2. The first-order valence-corrected chi connectivity index (χ1v) is 18.4. The van der Waals surface area contributed by atoms with E-state index in [2.05, 4.69) is 19.4 Å². The largest absolute Gasteiger partial charge is 0.485 e. The van der Waals surface area contributed by atoms with E-state index < -0.39 is 69.5 Å². The van der Waals surface area contributed by atoms with Gasteiger partial charge in [-0.05, 0) is 63.3 Å². The quantitative estimate of drug-likeness (QED) is 0.0470. The number of aromatic nitrogens is 3. The first-order chi connectivity index (χ1) is 24.3. The molecule has 1 fully saturated rings. The van der Waals surface area contributed by atoms with Crippen molar-refractivity contribution in [3.8, 4) is 16.9 Å². The van der Waals surface area contributed by atoms with Gasteiger partial charge in [-0.1, -0.05) is 16.2 Å². The number of ether oxygens (including phenoxy) is 1. The van der Waals surface area contributed by atoms with Crippen LogP contribution in [0.25, 0.3) is 11.1 Å². The Bertz CT molecular complexity index is 2020. The number of aliphatic hydroxyl groups excluding tert-OH is 1. The molecule has 2 aromatic heterocycles. The van der Waals surface area contributed by atoms with Crippen LogP contribution in [0.4, 0.5) is 5.13 Å². The van der Waals surface area contributed by atoms with Crippen LogP contribution in [0.1, 0.15) is 57.1 Å². The number of β-lactam (4-membered cyclic amide) rings is 1. The van der Waals surface area contributed by atoms with Crippen molar-refractivity contribution in [2.45, 2.75) is 76.2 Å². The number of aryl methyl sites for hydroxylation is 3. The number of nitrogens with zero attached hydrogens (tertiary/aromatic N) is 5. The van der Waals surface area contributed by atoms with Gasteiger partial charge in [-0.15, -0.1) is 15.6 Å². The average molecular weight is 763 g/mol. The molecule has 1 amide bonds. The Balaban J connectivity index is 1.34. The fraction of sp³-hybridized carbons (Fsp3) is 0.469. The minimum Gasteiger partial charge on any atom is -0.485 e. The molecular weight excluding hydrogens is 723 g/mol. The van der Waals surface area contributed by atoms with Crippen molar-refractivity contribution in [1.82, 2.24) is 15.0 Å². The Labute approximate surface area is 302 Å². The number of carboxylic acid groups (broad SMARTS) is 1. The molecule has 0 spiro atoms. The number of anilines is 1. The van der Waals surface area contributed by atoms with Gasteiger partial charge in [0.25, 0.3) is 17.3 Å². The zero-order valence-corrected chi connectivity index (χ0v) is 30.4. The Hall–Kier alpha value is -4.60. The SMILES string of the molecule is C[n+]1cc(-c2ccc3c(c2)CC[C@H]([C@](C)(O/N=C(\C(=O)C[C@@H]2C(=O)N(OS(=O)(=O)O)C2(C)C)c2csc(N)n2)C(=O)O)O3)cnc1CC[C@H](O)CN. The van der Waals surface area contributed by atoms with Crippen LogP contribution in [0.15, 0.2) is 41.1 Å². The summed E-state index contributed by atoms with van der Waals surface area (Å²) in [5.41, 5.74) is 9.96. The highest BCUT2D eigenvalue weighted by molar-refractivity contribution is 7.80. The number of Topliss-reactive ketones (excluding diaryl/α,β-unsaturated/α-hetero) is 1. The average Bonchev–Trinajstić information content (AvgIpc) is 3.53. The number of carboxylic acids is 1. The van der Waals surface area contributed by atoms with E-state index >= 15 is 0 Å². The van der Waals surface area contributed by atoms with E-state index in [1.54, 1.807) is 12.3 Å². The second-order valence-corrected chi connectivity index (χ2v) is 15.1. The monoisotopic (exact) mass is 762 g/mol. The van der Waals surface area contributed by atoms with Crippen LogP contribution in [0.5, 0.6) is 5.75 Å². The van der Waals surface area contributed by atoms with E-state index in [4.69, 9.17) is 25.6 Å². The maximum absolute atomic E-state index is 13.6. The lowest BCUT2D eigenvalue weighted by molar-refractivity contribution is -0.682. The number of oxime groups is 1. The molecule has 2 aliphatic rings. The summed E-state index contributed by atoms with van der Waals surface area (Å²) >= 11 is 0.989. The number of benzene rings is 1. The van der Waals surface area contributed by atoms with Crippen molar-refractivity contribution in [3.63, 3.8) is 0 Å². The Morgan fingerprint density at radius 3 is 2.63 bits per heavy atom. The van der Waals surface area contributed by atoms with Crippen LogP contribution < -0.4 is 20.8 Å². The molecule has 4 atom stereocenters. The molecule has 280 valence electrons. The van der Waals surface area contributed by atoms with E-state index in [0.717, 1.165) is 33.9 Å². The molecule has 0 bridgehead atoms. The van der Waals surface area contributed by atoms with Gasteiger partial charge in [0.15, 0.2) is 28.9 Å². The highest BCUT2D eigenvalue weighted by Crippen LogP contribution is 2.41. The number of aliphatic carboxylic acids is 1. The number of carbonyl (C=O) groups excluding carboxylic acids is 2. The van der Waals surface area contributed by atoms with Crippen LogP contribution in [-0.2, 0) is 53.8 Å². The maximum atomic E-state index is 13.6. The Morgan fingerprint density at radius 1 is 1.31 bits per heavy atom. The van der Waals surface area contributed by atoms with Crippen LogP contribution >= 0.6 is 11.3 Å². The number of amides is 1. The summed E-state index contributed by atoms with van der Waals surface area (Å²) in [6, 6.07) is 5.49. The van der Waals surface area contributed by atoms with Gasteiger partial charge < -0.3 is 31.3 Å². The highest BCUT2D eigenvalue weighted by atomic mass is 32.3. The molecule has 0 radical (unpaired) electrons. The smallest absolute Gasteiger partial charge is 0.418 e. The van der Waals surface area contributed by atoms with E-state index in [-0.39, 0.29) is 23.8 Å². The lowest BCUT2D eigenvalue weighted by atomic mass is 9.74. The van der Waals surface area contributed by atoms with Gasteiger partial charge in [-0.25, -0.2) is 14.3 Å². The molecule has 52 heavy (non-hydrogen) atoms. The van der Waals surface area contributed by atoms with Crippen LogP contribution in [0.2, 0.25) is 0 Å². The zero-order valence-electron chi connectivity index (χ0n) is 28.8. The second-order valence-electron chi connectivity index (χ2n) is 13.2. The highest BCUT2D eigenvalue weighted by Gasteiger charge is 2.58. The molecule has 1 aromatic carbocycles. The number of fused-ring (bicyclic) bond motifs is 1. The molecule has 0 aliphatic carbocycles. The molecule has 2 aliphatic heterocycles. The van der Waals surface area contributed by atoms with Gasteiger partial charge in [0.05, 0.1) is 36.6 Å². The summed E-state index contributed by atoms with van der Waals surface area (Å²) in [4.78, 5) is 53.3. The first kappa shape index (κ1) is 38.6. The Kier molecular flexibility index (Phi) is 11.0. The van der Waals surface area contributed by atoms with Gasteiger partial charge in [-0.2, -0.15) is 13.5 Å². The van der Waals surface area contributed by atoms with Crippen molar-refractivity contribution in [2.24, 2.45) is 23.9 Å². The third-order valence-electron chi connectivity index (χ3n) is 9.23. The summed E-state index contributed by atoms with van der Waals surface area (Å²) in [5.74, 6) is -2.95. The molecule has 3 aromatic rings. The van der Waals surface area contributed by atoms with Crippen molar-refractivity contribution in [2.75, 3.05) is 12.3 Å². The summed E-state index contributed by atoms with van der Waals surface area (Å²) in [5, 5.41) is 26.0. The van der Waals surface area contributed by atoms with Gasteiger partial charge in [0, 0.05) is 18.3 Å². The van der Waals surface area contributed by atoms with Crippen molar-refractivity contribution >= 4 is 50.2 Å². The number of rotatable bonds is 15. The van der Waals surface area contributed by atoms with Crippen molar-refractivity contribution in [3.05, 3.63) is 53.1 Å². The number of carbonyl (C=O) groups is 3. The number of hydroxylamine groups is 2. The van der Waals surface area contributed by atoms with E-state index in [9.17, 15) is 33.0 Å². The fourth-order valence-electron chi connectivity index (χ4n) is 5.97. The van der Waals surface area contributed by atoms with Gasteiger partial charge in [0.2, 0.25) is 0 Å². The molecule has 18 nitrogen and oxygen atoms in total. The number of aliphatic hydroxyl groups is 1. The molecule has 20 heteroatoms. The maximum Gasteiger partial charge on any atom is 0.418 e. The van der Waals surface area contributed by atoms with Crippen molar-refractivity contribution in [1.29, 1.82) is 0 Å². The summed E-state index contributed by atoms with van der Waals surface area (Å²) < 4.78 is 43.9. The molecule has 4 heterocycles. The van der Waals surface area contributed by atoms with Gasteiger partial charge >= 0.3 is 16.4 Å². The number of thiazole rings is 1. The predicted molar refractivity (Wildman–Crippen MR) is 184 cm³/mol. The normalized spacial score (nSPS) is 20.2. The zero-order chi connectivity index (χ0) is 38.2. The van der Waals surface area contributed by atoms with Gasteiger partial charge in [-0.3, -0.25) is 14.1 Å². The lowest BCUT2D eigenvalue weighted by Gasteiger charge is -2.50. The summed E-state index contributed by atoms with van der Waals surface area (Å²) in [6.07, 6.45) is 3.20. The number of ketones is 1. The summed E-state index contributed by atoms with van der Waals surface area (Å²) in [7, 11) is -3.14. The number of nitrogens with two attached hydrogens (primary N) is 2. The predicted octanol–water partition coefficient (Wildman–Crippen LogP) is 0.752. The van der Waals surface area contributed by atoms with E-state index in [1.807, 2.05) is 29.9 Å². The molecule has 5 rings (SSSR count). The first-order valence-electron chi connectivity index (χ1n) is 16.1. The number of nitrogen functional groups attached to an aromatic ring is 1. The van der Waals surface area contributed by atoms with Crippen LogP contribution in [0.3, 0.4) is 0 Å². The minimum absolute atomic E-state index is 0.0256. The summed E-state index contributed by atoms with van der Waals surface area (Å²) in [6.45, 7) is 4.31. The van der Waals surface area contributed by atoms with Gasteiger partial charge in [0.1, 0.15) is 17.6 Å². The van der Waals surface area contributed by atoms with Crippen LogP contribution in [0, 0.1) is 5.92 Å². The third kappa shape index (κ3) is 8.06. The second kappa shape index (κ2) is 14.8. The molecule has 0 unspecified atom stereocenters. The molecular formula is C32H40N7O11S2+. The van der Waals surface area contributed by atoms with E-state index in [1.165, 1.54) is 26.2 Å². The number of hydrogen-bond acceptors (Lipinski definition) is 15. The standard InChI is InChI=1S/C32H39N7O11S2/c1-31(2)21(28(42)39(31)50-52(45,46)47)12-23(41)27(22-16-51-30(34)36-22)37-49-32(3,29(43)44)25-9-6-18-11-17(5-8-24(18)48-25)19-14-35-26(38(4)15-19)10-7-20(40)13-33/h5,8,11,14-16,20-21,25,40H,6-7,9-10,12-13,33H2,1-4H3,(H3-,34,36,43,44,45,46,47)/p+1/b37-27-/t20-,21+,25+,32-/m0/s1. The topological polar surface area (TPSA) is 271 Å². The number of hydrogen-bond donors (Lipinski definition) is 5. The minimum atomic E-state index is -5.01. The molecule has 7 N–H and O–H groups in total. The van der Waals surface area contributed by atoms with Crippen molar-refractivity contribution < 1.29 is 56.0 Å². The fourth-order valence-corrected chi connectivity index (χ4v) is 6.98.